The molecule has 0 atom stereocenters. The summed E-state index contributed by atoms with van der Waals surface area (Å²) in [5, 5.41) is 12.1. The summed E-state index contributed by atoms with van der Waals surface area (Å²) in [7, 11) is 0. The normalized spacial score (nSPS) is 13.0. The van der Waals surface area contributed by atoms with E-state index in [4.69, 9.17) is 0 Å². The summed E-state index contributed by atoms with van der Waals surface area (Å²) < 4.78 is 53.0. The van der Waals surface area contributed by atoms with Crippen LogP contribution in [0.2, 0.25) is 0 Å². The van der Waals surface area contributed by atoms with Crippen molar-refractivity contribution >= 4 is 16.9 Å². The van der Waals surface area contributed by atoms with Crippen LogP contribution in [0, 0.1) is 5.82 Å². The Bertz CT molecular complexity index is 1410. The first-order valence-electron chi connectivity index (χ1n) is 9.87. The molecule has 0 fully saturated rings. The van der Waals surface area contributed by atoms with E-state index in [9.17, 15) is 27.5 Å². The highest BCUT2D eigenvalue weighted by Gasteiger charge is 2.30. The number of hydrogen-bond acceptors (Lipinski definition) is 3. The maximum Gasteiger partial charge on any atom is 0.416 e. The molecule has 0 saturated carbocycles. The number of carboxylic acid groups (broad SMARTS) is 1. The number of rotatable bonds is 2. The van der Waals surface area contributed by atoms with Gasteiger partial charge < -0.3 is 9.90 Å². The van der Waals surface area contributed by atoms with Gasteiger partial charge in [-0.3, -0.25) is 0 Å². The molecular formula is C25H14F4NO2-. The van der Waals surface area contributed by atoms with Crippen LogP contribution in [-0.4, -0.2) is 11.0 Å². The monoisotopic (exact) mass is 436 g/mol. The fraction of sp³-hybridized carbons (Fsp3) is 0.120. The number of carbonyl (C=O) groups is 1. The van der Waals surface area contributed by atoms with Gasteiger partial charge in [0.2, 0.25) is 0 Å². The summed E-state index contributed by atoms with van der Waals surface area (Å²) >= 11 is 0. The fourth-order valence-electron chi connectivity index (χ4n) is 4.32. The molecule has 3 nitrogen and oxygen atoms in total. The highest BCUT2D eigenvalue weighted by atomic mass is 19.4. The van der Waals surface area contributed by atoms with Crippen LogP contribution < -0.4 is 5.11 Å². The lowest BCUT2D eigenvalue weighted by Gasteiger charge is -2.24. The Kier molecular flexibility index (Phi) is 4.51. The Hall–Kier alpha value is -3.74. The van der Waals surface area contributed by atoms with Gasteiger partial charge in [-0.1, -0.05) is 30.3 Å². The van der Waals surface area contributed by atoms with Crippen molar-refractivity contribution in [2.75, 3.05) is 0 Å². The van der Waals surface area contributed by atoms with Gasteiger partial charge in [-0.05, 0) is 65.4 Å². The van der Waals surface area contributed by atoms with Crippen LogP contribution in [0.4, 0.5) is 17.6 Å². The predicted octanol–water partition coefficient (Wildman–Crippen LogP) is 5.19. The van der Waals surface area contributed by atoms with Crippen molar-refractivity contribution in [3.8, 4) is 22.4 Å². The van der Waals surface area contributed by atoms with E-state index in [1.807, 2.05) is 6.07 Å². The molecule has 1 aliphatic carbocycles. The molecule has 0 aliphatic heterocycles. The summed E-state index contributed by atoms with van der Waals surface area (Å²) in [6, 6.07) is 14.1. The topological polar surface area (TPSA) is 53.0 Å². The maximum absolute atomic E-state index is 13.7. The Morgan fingerprint density at radius 1 is 0.938 bits per heavy atom. The van der Waals surface area contributed by atoms with E-state index >= 15 is 0 Å². The number of aryl methyl sites for hydroxylation is 1. The van der Waals surface area contributed by atoms with Crippen molar-refractivity contribution in [1.29, 1.82) is 0 Å². The minimum Gasteiger partial charge on any atom is -0.545 e. The van der Waals surface area contributed by atoms with E-state index in [0.29, 0.717) is 46.3 Å². The number of halogens is 4. The molecule has 0 saturated heterocycles. The summed E-state index contributed by atoms with van der Waals surface area (Å²) in [5.41, 5.74) is 3.10. The summed E-state index contributed by atoms with van der Waals surface area (Å²) in [4.78, 5) is 16.5. The van der Waals surface area contributed by atoms with E-state index < -0.39 is 23.5 Å². The zero-order valence-electron chi connectivity index (χ0n) is 16.5. The molecule has 1 heterocycles. The summed E-state index contributed by atoms with van der Waals surface area (Å²) in [5.74, 6) is -1.97. The molecular weight excluding hydrogens is 422 g/mol. The lowest BCUT2D eigenvalue weighted by molar-refractivity contribution is -0.254. The SMILES string of the molecule is O=C([O-])c1c2c(nc3ccc(F)cc13)-c1ccc(-c3cccc(C(F)(F)F)c3)cc1CC2. The number of hydrogen-bond donors (Lipinski definition) is 0. The Morgan fingerprint density at radius 2 is 1.72 bits per heavy atom. The van der Waals surface area contributed by atoms with Crippen molar-refractivity contribution in [3.05, 3.63) is 88.7 Å². The van der Waals surface area contributed by atoms with Crippen LogP contribution in [0.5, 0.6) is 0 Å². The van der Waals surface area contributed by atoms with Gasteiger partial charge in [0.1, 0.15) is 5.82 Å². The molecule has 1 aromatic heterocycles. The quantitative estimate of drug-likeness (QED) is 0.407. The highest BCUT2D eigenvalue weighted by molar-refractivity contribution is 6.05. The molecule has 1 aliphatic rings. The molecule has 7 heteroatoms. The van der Waals surface area contributed by atoms with Crippen molar-refractivity contribution < 1.29 is 27.5 Å². The number of carbonyl (C=O) groups excluding carboxylic acids is 1. The third-order valence-electron chi connectivity index (χ3n) is 5.78. The molecule has 32 heavy (non-hydrogen) atoms. The minimum atomic E-state index is -4.44. The second-order valence-electron chi connectivity index (χ2n) is 7.71. The van der Waals surface area contributed by atoms with Gasteiger partial charge in [-0.15, -0.1) is 0 Å². The van der Waals surface area contributed by atoms with Crippen LogP contribution >= 0.6 is 0 Å². The van der Waals surface area contributed by atoms with Crippen LogP contribution in [0.15, 0.2) is 60.7 Å². The molecule has 0 bridgehead atoms. The zero-order chi connectivity index (χ0) is 22.6. The lowest BCUT2D eigenvalue weighted by Crippen LogP contribution is -2.26. The third kappa shape index (κ3) is 3.30. The van der Waals surface area contributed by atoms with Crippen LogP contribution in [0.1, 0.15) is 27.0 Å². The van der Waals surface area contributed by atoms with E-state index in [0.717, 1.165) is 23.8 Å². The van der Waals surface area contributed by atoms with Gasteiger partial charge in [-0.25, -0.2) is 9.37 Å². The van der Waals surface area contributed by atoms with Crippen LogP contribution in [0.25, 0.3) is 33.3 Å². The molecule has 5 rings (SSSR count). The lowest BCUT2D eigenvalue weighted by atomic mass is 9.84. The number of carboxylic acids is 1. The molecule has 0 radical (unpaired) electrons. The predicted molar refractivity (Wildman–Crippen MR) is 109 cm³/mol. The smallest absolute Gasteiger partial charge is 0.416 e. The summed E-state index contributed by atoms with van der Waals surface area (Å²) in [6.07, 6.45) is -3.62. The zero-order valence-corrected chi connectivity index (χ0v) is 16.5. The second-order valence-corrected chi connectivity index (χ2v) is 7.71. The number of aromatic nitrogens is 1. The van der Waals surface area contributed by atoms with Gasteiger partial charge in [-0.2, -0.15) is 13.2 Å². The average molecular weight is 436 g/mol. The molecule has 0 unspecified atom stereocenters. The fourth-order valence-corrected chi connectivity index (χ4v) is 4.32. The van der Waals surface area contributed by atoms with Gasteiger partial charge in [0, 0.05) is 16.5 Å². The van der Waals surface area contributed by atoms with Gasteiger partial charge in [0.15, 0.2) is 0 Å². The van der Waals surface area contributed by atoms with Crippen molar-refractivity contribution in [2.24, 2.45) is 0 Å². The third-order valence-corrected chi connectivity index (χ3v) is 5.78. The second kappa shape index (κ2) is 7.15. The first-order valence-corrected chi connectivity index (χ1v) is 9.87. The minimum absolute atomic E-state index is 0.0721. The van der Waals surface area contributed by atoms with E-state index in [1.165, 1.54) is 18.2 Å². The Morgan fingerprint density at radius 3 is 2.47 bits per heavy atom. The van der Waals surface area contributed by atoms with Crippen LogP contribution in [-0.2, 0) is 19.0 Å². The molecule has 0 amide bonds. The number of aromatic carboxylic acids is 1. The number of fused-ring (bicyclic) bond motifs is 4. The molecule has 0 N–H and O–H groups in total. The molecule has 3 aromatic carbocycles. The molecule has 0 spiro atoms. The van der Waals surface area contributed by atoms with Gasteiger partial charge in [0.25, 0.3) is 0 Å². The number of benzene rings is 3. The van der Waals surface area contributed by atoms with Crippen molar-refractivity contribution in [1.82, 2.24) is 4.98 Å². The molecule has 4 aromatic rings. The maximum atomic E-state index is 13.7. The van der Waals surface area contributed by atoms with Gasteiger partial charge in [0.05, 0.1) is 22.7 Å². The number of pyridine rings is 1. The Balaban J connectivity index is 1.67. The molecule has 160 valence electrons. The van der Waals surface area contributed by atoms with Gasteiger partial charge >= 0.3 is 6.18 Å². The van der Waals surface area contributed by atoms with E-state index in [2.05, 4.69) is 4.98 Å². The number of alkyl halides is 3. The summed E-state index contributed by atoms with van der Waals surface area (Å²) in [6.45, 7) is 0. The standard InChI is InChI=1S/C25H15F4NO2/c26-17-6-9-21-20(12-17)22(24(31)32)19-8-5-15-10-14(4-7-18(15)23(19)30-21)13-2-1-3-16(11-13)25(27,28)29/h1-4,6-7,9-12H,5,8H2,(H,31,32)/p-1. The average Bonchev–Trinajstić information content (AvgIpc) is 2.76. The largest absolute Gasteiger partial charge is 0.545 e. The Labute approximate surface area is 180 Å². The first kappa shape index (κ1) is 20.2. The number of nitrogens with zero attached hydrogens (tertiary/aromatic N) is 1. The van der Waals surface area contributed by atoms with Crippen molar-refractivity contribution in [3.63, 3.8) is 0 Å². The highest BCUT2D eigenvalue weighted by Crippen LogP contribution is 2.39. The van der Waals surface area contributed by atoms with E-state index in [1.54, 1.807) is 18.2 Å². The van der Waals surface area contributed by atoms with Crippen molar-refractivity contribution in [2.45, 2.75) is 19.0 Å². The van der Waals surface area contributed by atoms with Crippen LogP contribution in [0.3, 0.4) is 0 Å². The van der Waals surface area contributed by atoms with E-state index in [-0.39, 0.29) is 10.9 Å². The first-order chi connectivity index (χ1) is 15.2.